The van der Waals surface area contributed by atoms with E-state index in [0.29, 0.717) is 11.4 Å². The Bertz CT molecular complexity index is 1040. The van der Waals surface area contributed by atoms with E-state index < -0.39 is 11.9 Å². The van der Waals surface area contributed by atoms with Crippen molar-refractivity contribution in [1.82, 2.24) is 0 Å². The summed E-state index contributed by atoms with van der Waals surface area (Å²) in [6.45, 7) is 0.0430. The van der Waals surface area contributed by atoms with Crippen molar-refractivity contribution in [2.24, 2.45) is 0 Å². The number of fused-ring (bicyclic) bond motifs is 2. The van der Waals surface area contributed by atoms with Crippen LogP contribution in [0.1, 0.15) is 11.1 Å². The molecule has 0 fully saturated rings. The van der Waals surface area contributed by atoms with Gasteiger partial charge >= 0.3 is 11.9 Å². The fourth-order valence-electron chi connectivity index (χ4n) is 3.27. The third kappa shape index (κ3) is 3.48. The van der Waals surface area contributed by atoms with Crippen LogP contribution in [0.4, 0.5) is 5.69 Å². The van der Waals surface area contributed by atoms with E-state index in [1.165, 1.54) is 14.2 Å². The van der Waals surface area contributed by atoms with Crippen molar-refractivity contribution in [3.8, 4) is 11.5 Å². The summed E-state index contributed by atoms with van der Waals surface area (Å²) in [6.07, 6.45) is 3.95. The fraction of sp³-hybridized carbons (Fsp3) is 0.182. The highest BCUT2D eigenvalue weighted by molar-refractivity contribution is 6.03. The minimum Gasteiger partial charge on any atom is -0.466 e. The van der Waals surface area contributed by atoms with Crippen LogP contribution >= 0.6 is 0 Å². The molecule has 7 heteroatoms. The summed E-state index contributed by atoms with van der Waals surface area (Å²) in [7, 11) is 2.52. The van der Waals surface area contributed by atoms with Crippen LogP contribution in [-0.4, -0.2) is 39.5 Å². The van der Waals surface area contributed by atoms with Gasteiger partial charge in [-0.15, -0.1) is 0 Å². The van der Waals surface area contributed by atoms with E-state index in [-0.39, 0.29) is 24.6 Å². The van der Waals surface area contributed by atoms with Crippen molar-refractivity contribution in [3.05, 3.63) is 64.9 Å². The van der Waals surface area contributed by atoms with Gasteiger partial charge in [0.1, 0.15) is 23.9 Å². The maximum absolute atomic E-state index is 12.5. The van der Waals surface area contributed by atoms with Crippen molar-refractivity contribution in [1.29, 1.82) is 0 Å². The first-order valence-electron chi connectivity index (χ1n) is 8.96. The van der Waals surface area contributed by atoms with E-state index in [2.05, 4.69) is 0 Å². The van der Waals surface area contributed by atoms with Crippen molar-refractivity contribution in [2.45, 2.75) is 0 Å². The summed E-state index contributed by atoms with van der Waals surface area (Å²) in [4.78, 5) is 26.2. The molecule has 2 aliphatic heterocycles. The number of esters is 2. The van der Waals surface area contributed by atoms with Crippen molar-refractivity contribution in [3.63, 3.8) is 0 Å². The second-order valence-corrected chi connectivity index (χ2v) is 6.41. The monoisotopic (exact) mass is 393 g/mol. The van der Waals surface area contributed by atoms with Gasteiger partial charge in [0.05, 0.1) is 26.4 Å². The van der Waals surface area contributed by atoms with Gasteiger partial charge in [-0.1, -0.05) is 30.4 Å². The van der Waals surface area contributed by atoms with E-state index >= 15 is 0 Å². The first kappa shape index (κ1) is 18.8. The number of carbonyl (C=O) groups excluding carboxylic acids is 2. The van der Waals surface area contributed by atoms with Gasteiger partial charge in [0.25, 0.3) is 0 Å². The Morgan fingerprint density at radius 2 is 1.66 bits per heavy atom. The topological polar surface area (TPSA) is 74.3 Å². The fourth-order valence-corrected chi connectivity index (χ4v) is 3.27. The number of para-hydroxylation sites is 1. The zero-order valence-electron chi connectivity index (χ0n) is 16.0. The largest absolute Gasteiger partial charge is 0.466 e. The van der Waals surface area contributed by atoms with Gasteiger partial charge in [0, 0.05) is 22.9 Å². The highest BCUT2D eigenvalue weighted by Crippen LogP contribution is 2.37. The molecule has 0 saturated heterocycles. The highest BCUT2D eigenvalue weighted by atomic mass is 16.5. The zero-order valence-corrected chi connectivity index (χ0v) is 16.0. The molecule has 0 radical (unpaired) electrons. The Morgan fingerprint density at radius 3 is 2.41 bits per heavy atom. The maximum Gasteiger partial charge on any atom is 0.355 e. The summed E-state index contributed by atoms with van der Waals surface area (Å²) >= 11 is 0. The summed E-state index contributed by atoms with van der Waals surface area (Å²) in [5.74, 6) is 0.0689. The van der Waals surface area contributed by atoms with Gasteiger partial charge in [-0.2, -0.15) is 0 Å². The number of hydrogen-bond donors (Lipinski definition) is 0. The van der Waals surface area contributed by atoms with E-state index in [4.69, 9.17) is 18.9 Å². The average molecular weight is 393 g/mol. The lowest BCUT2D eigenvalue weighted by Crippen LogP contribution is -2.38. The van der Waals surface area contributed by atoms with E-state index in [1.54, 1.807) is 11.0 Å². The molecule has 0 atom stereocenters. The maximum atomic E-state index is 12.5. The van der Waals surface area contributed by atoms with Crippen molar-refractivity contribution < 1.29 is 28.5 Å². The van der Waals surface area contributed by atoms with Gasteiger partial charge in [0.2, 0.25) is 0 Å². The van der Waals surface area contributed by atoms with Crippen LogP contribution in [-0.2, 0) is 23.8 Å². The molecule has 7 nitrogen and oxygen atoms in total. The SMILES string of the molecule is COC(=O)C1=C(C(=O)OC)N(c2ccc3c(c2)Oc2ccccc2C=C3)COC1. The van der Waals surface area contributed by atoms with Crippen LogP contribution in [0.2, 0.25) is 0 Å². The molecule has 0 saturated carbocycles. The number of hydrogen-bond acceptors (Lipinski definition) is 7. The molecular formula is C22H19NO6. The quantitative estimate of drug-likeness (QED) is 0.632. The average Bonchev–Trinajstić information content (AvgIpc) is 2.96. The standard InChI is InChI=1S/C22H19NO6/c1-26-21(24)17-12-28-13-23(20(17)22(25)27-2)16-10-9-15-8-7-14-5-3-4-6-18(14)29-19(15)11-16/h3-11H,12-13H2,1-2H3. The number of ether oxygens (including phenoxy) is 4. The van der Waals surface area contributed by atoms with Gasteiger partial charge in [-0.25, -0.2) is 9.59 Å². The second-order valence-electron chi connectivity index (χ2n) is 6.41. The Balaban J connectivity index is 1.78. The highest BCUT2D eigenvalue weighted by Gasteiger charge is 2.32. The number of anilines is 1. The Morgan fingerprint density at radius 1 is 0.931 bits per heavy atom. The van der Waals surface area contributed by atoms with Gasteiger partial charge in [-0.3, -0.25) is 0 Å². The Labute approximate surface area is 167 Å². The third-order valence-electron chi connectivity index (χ3n) is 4.72. The molecule has 2 aromatic carbocycles. The van der Waals surface area contributed by atoms with Crippen LogP contribution in [0, 0.1) is 0 Å². The lowest BCUT2D eigenvalue weighted by atomic mass is 10.1. The molecule has 4 rings (SSSR count). The molecule has 2 heterocycles. The van der Waals surface area contributed by atoms with Crippen molar-refractivity contribution >= 4 is 29.8 Å². The molecule has 0 N–H and O–H groups in total. The molecule has 2 aliphatic rings. The van der Waals surface area contributed by atoms with Gasteiger partial charge < -0.3 is 23.8 Å². The van der Waals surface area contributed by atoms with Crippen LogP contribution in [0.25, 0.3) is 12.2 Å². The molecule has 148 valence electrons. The summed E-state index contributed by atoms with van der Waals surface area (Å²) in [5.41, 5.74) is 2.68. The molecule has 0 aromatic heterocycles. The van der Waals surface area contributed by atoms with E-state index in [0.717, 1.165) is 16.9 Å². The smallest absolute Gasteiger partial charge is 0.355 e. The zero-order chi connectivity index (χ0) is 20.4. The molecule has 0 unspecified atom stereocenters. The Hall–Kier alpha value is -3.58. The predicted octanol–water partition coefficient (Wildman–Crippen LogP) is 3.36. The number of carbonyl (C=O) groups is 2. The molecular weight excluding hydrogens is 374 g/mol. The molecule has 0 bridgehead atoms. The molecule has 0 aliphatic carbocycles. The normalized spacial score (nSPS) is 15.0. The summed E-state index contributed by atoms with van der Waals surface area (Å²) in [6, 6.07) is 13.2. The van der Waals surface area contributed by atoms with E-state index in [9.17, 15) is 9.59 Å². The lowest BCUT2D eigenvalue weighted by Gasteiger charge is -2.31. The van der Waals surface area contributed by atoms with Gasteiger partial charge in [-0.05, 0) is 18.2 Å². The summed E-state index contributed by atoms with van der Waals surface area (Å²) in [5, 5.41) is 0. The number of rotatable bonds is 3. The van der Waals surface area contributed by atoms with E-state index in [1.807, 2.05) is 48.6 Å². The first-order valence-corrected chi connectivity index (χ1v) is 8.96. The van der Waals surface area contributed by atoms with Crippen LogP contribution in [0.15, 0.2) is 53.7 Å². The van der Waals surface area contributed by atoms with Crippen molar-refractivity contribution in [2.75, 3.05) is 32.5 Å². The molecule has 29 heavy (non-hydrogen) atoms. The molecule has 0 spiro atoms. The minimum absolute atomic E-state index is 0.0365. The number of nitrogens with zero attached hydrogens (tertiary/aromatic N) is 1. The predicted molar refractivity (Wildman–Crippen MR) is 106 cm³/mol. The van der Waals surface area contributed by atoms with Crippen LogP contribution < -0.4 is 9.64 Å². The van der Waals surface area contributed by atoms with Crippen LogP contribution in [0.5, 0.6) is 11.5 Å². The summed E-state index contributed by atoms with van der Waals surface area (Å²) < 4.78 is 21.3. The Kier molecular flexibility index (Phi) is 5.05. The van der Waals surface area contributed by atoms with Gasteiger partial charge in [0.15, 0.2) is 0 Å². The lowest BCUT2D eigenvalue weighted by molar-refractivity contribution is -0.140. The van der Waals surface area contributed by atoms with Crippen LogP contribution in [0.3, 0.4) is 0 Å². The number of methoxy groups -OCH3 is 2. The first-order chi connectivity index (χ1) is 14.1. The number of benzene rings is 2. The molecule has 2 aromatic rings. The second kappa shape index (κ2) is 7.81. The minimum atomic E-state index is -0.644. The molecule has 0 amide bonds. The third-order valence-corrected chi connectivity index (χ3v) is 4.72.